The maximum atomic E-state index is 10.2. The minimum atomic E-state index is -0.0170. The summed E-state index contributed by atoms with van der Waals surface area (Å²) in [7, 11) is 0. The Morgan fingerprint density at radius 1 is 0.947 bits per heavy atom. The lowest BCUT2D eigenvalue weighted by atomic mass is 9.75. The lowest BCUT2D eigenvalue weighted by Gasteiger charge is -2.31. The average molecular weight is 266 g/mol. The Bertz CT molecular complexity index is 238. The first kappa shape index (κ1) is 15.4. The largest absolute Gasteiger partial charge is 0.393 e. The molecule has 2 rings (SSSR count). The fraction of sp³-hybridized carbons (Fsp3) is 1.00. The quantitative estimate of drug-likeness (QED) is 0.646. The standard InChI is InChI=1S/C18H34O/c1-2-3-4-12-18(19)14-15-8-7-11-16-9-5-6-10-17(16)13-15/h15-19H,2-14H2,1H3. The number of rotatable bonds is 6. The van der Waals surface area contributed by atoms with E-state index in [4.69, 9.17) is 0 Å². The lowest BCUT2D eigenvalue weighted by Crippen LogP contribution is -2.21. The van der Waals surface area contributed by atoms with Crippen molar-refractivity contribution in [2.24, 2.45) is 17.8 Å². The third-order valence-electron chi connectivity index (χ3n) is 5.64. The monoisotopic (exact) mass is 266 g/mol. The number of hydrogen-bond acceptors (Lipinski definition) is 1. The molecule has 0 aromatic carbocycles. The third-order valence-corrected chi connectivity index (χ3v) is 5.64. The molecule has 4 unspecified atom stereocenters. The molecule has 0 saturated heterocycles. The molecule has 0 radical (unpaired) electrons. The fourth-order valence-corrected chi connectivity index (χ4v) is 4.54. The summed E-state index contributed by atoms with van der Waals surface area (Å²) in [6, 6.07) is 0. The van der Waals surface area contributed by atoms with E-state index in [1.165, 1.54) is 70.6 Å². The third kappa shape index (κ3) is 5.10. The second-order valence-corrected chi connectivity index (χ2v) is 7.22. The van der Waals surface area contributed by atoms with Crippen LogP contribution in [0, 0.1) is 17.8 Å². The molecule has 0 aromatic heterocycles. The van der Waals surface area contributed by atoms with Gasteiger partial charge in [-0.05, 0) is 37.0 Å². The van der Waals surface area contributed by atoms with Crippen LogP contribution in [-0.2, 0) is 0 Å². The highest BCUT2D eigenvalue weighted by atomic mass is 16.3. The molecule has 0 spiro atoms. The Balaban J connectivity index is 1.73. The normalized spacial score (nSPS) is 33.5. The molecular formula is C18H34O. The van der Waals surface area contributed by atoms with E-state index >= 15 is 0 Å². The van der Waals surface area contributed by atoms with Crippen molar-refractivity contribution in [1.82, 2.24) is 0 Å². The van der Waals surface area contributed by atoms with Gasteiger partial charge in [0.1, 0.15) is 0 Å². The highest BCUT2D eigenvalue weighted by molar-refractivity contribution is 4.82. The molecule has 0 aliphatic heterocycles. The highest BCUT2D eigenvalue weighted by Crippen LogP contribution is 2.42. The van der Waals surface area contributed by atoms with Gasteiger partial charge in [-0.2, -0.15) is 0 Å². The van der Waals surface area contributed by atoms with Crippen LogP contribution in [0.2, 0.25) is 0 Å². The molecule has 2 aliphatic rings. The lowest BCUT2D eigenvalue weighted by molar-refractivity contribution is 0.116. The van der Waals surface area contributed by atoms with Gasteiger partial charge in [-0.25, -0.2) is 0 Å². The van der Waals surface area contributed by atoms with Gasteiger partial charge in [-0.15, -0.1) is 0 Å². The van der Waals surface area contributed by atoms with Crippen LogP contribution in [0.15, 0.2) is 0 Å². The van der Waals surface area contributed by atoms with Crippen molar-refractivity contribution in [3.05, 3.63) is 0 Å². The summed E-state index contributed by atoms with van der Waals surface area (Å²) in [5.41, 5.74) is 0. The second kappa shape index (κ2) is 8.29. The Morgan fingerprint density at radius 3 is 2.47 bits per heavy atom. The number of aliphatic hydroxyl groups is 1. The molecule has 2 fully saturated rings. The van der Waals surface area contributed by atoms with Crippen LogP contribution in [0.4, 0.5) is 0 Å². The van der Waals surface area contributed by atoms with Crippen molar-refractivity contribution in [2.75, 3.05) is 0 Å². The number of aliphatic hydroxyl groups excluding tert-OH is 1. The molecule has 2 aliphatic carbocycles. The van der Waals surface area contributed by atoms with E-state index in [0.717, 1.165) is 30.6 Å². The zero-order valence-corrected chi connectivity index (χ0v) is 12.9. The number of unbranched alkanes of at least 4 members (excludes halogenated alkanes) is 2. The van der Waals surface area contributed by atoms with Gasteiger partial charge in [0.25, 0.3) is 0 Å². The van der Waals surface area contributed by atoms with E-state index in [0.29, 0.717) is 0 Å². The van der Waals surface area contributed by atoms with Crippen LogP contribution < -0.4 is 0 Å². The topological polar surface area (TPSA) is 20.2 Å². The number of hydrogen-bond donors (Lipinski definition) is 1. The fourth-order valence-electron chi connectivity index (χ4n) is 4.54. The summed E-state index contributed by atoms with van der Waals surface area (Å²) in [6.45, 7) is 2.24. The van der Waals surface area contributed by atoms with Crippen molar-refractivity contribution in [3.63, 3.8) is 0 Å². The summed E-state index contributed by atoms with van der Waals surface area (Å²) in [4.78, 5) is 0. The van der Waals surface area contributed by atoms with Gasteiger partial charge in [0.05, 0.1) is 6.10 Å². The smallest absolute Gasteiger partial charge is 0.0542 e. The van der Waals surface area contributed by atoms with Crippen LogP contribution in [0.1, 0.15) is 90.4 Å². The van der Waals surface area contributed by atoms with E-state index in [9.17, 15) is 5.11 Å². The first-order valence-electron chi connectivity index (χ1n) is 8.97. The molecule has 0 heterocycles. The van der Waals surface area contributed by atoms with Gasteiger partial charge < -0.3 is 5.11 Å². The Hall–Kier alpha value is -0.0400. The van der Waals surface area contributed by atoms with Crippen molar-refractivity contribution in [3.8, 4) is 0 Å². The molecule has 2 saturated carbocycles. The van der Waals surface area contributed by atoms with Gasteiger partial charge in [0.2, 0.25) is 0 Å². The van der Waals surface area contributed by atoms with E-state index in [1.54, 1.807) is 0 Å². The Labute approximate surface area is 120 Å². The Kier molecular flexibility index (Phi) is 6.70. The molecule has 1 N–H and O–H groups in total. The summed E-state index contributed by atoms with van der Waals surface area (Å²) < 4.78 is 0. The molecule has 19 heavy (non-hydrogen) atoms. The molecular weight excluding hydrogens is 232 g/mol. The van der Waals surface area contributed by atoms with Crippen LogP contribution in [0.3, 0.4) is 0 Å². The predicted octanol–water partition coefficient (Wildman–Crippen LogP) is 5.31. The minimum absolute atomic E-state index is 0.0170. The summed E-state index contributed by atoms with van der Waals surface area (Å²) in [6.07, 6.45) is 17.5. The van der Waals surface area contributed by atoms with E-state index < -0.39 is 0 Å². The summed E-state index contributed by atoms with van der Waals surface area (Å²) in [5.74, 6) is 2.87. The van der Waals surface area contributed by atoms with E-state index in [-0.39, 0.29) is 6.10 Å². The van der Waals surface area contributed by atoms with Crippen molar-refractivity contribution in [2.45, 2.75) is 96.5 Å². The Morgan fingerprint density at radius 2 is 1.68 bits per heavy atom. The average Bonchev–Trinajstić information content (AvgIpc) is 2.60. The zero-order valence-electron chi connectivity index (χ0n) is 12.9. The van der Waals surface area contributed by atoms with E-state index in [2.05, 4.69) is 6.92 Å². The van der Waals surface area contributed by atoms with Gasteiger partial charge in [0, 0.05) is 0 Å². The highest BCUT2D eigenvalue weighted by Gasteiger charge is 2.30. The van der Waals surface area contributed by atoms with Gasteiger partial charge in [-0.3, -0.25) is 0 Å². The molecule has 0 aromatic rings. The molecule has 0 bridgehead atoms. The number of fused-ring (bicyclic) bond motifs is 1. The first-order valence-corrected chi connectivity index (χ1v) is 8.97. The molecule has 1 nitrogen and oxygen atoms in total. The molecule has 0 amide bonds. The van der Waals surface area contributed by atoms with Crippen LogP contribution in [0.25, 0.3) is 0 Å². The molecule has 4 atom stereocenters. The SMILES string of the molecule is CCCCCC(O)CC1CCCC2CCCCC2C1. The second-order valence-electron chi connectivity index (χ2n) is 7.22. The van der Waals surface area contributed by atoms with Crippen LogP contribution >= 0.6 is 0 Å². The van der Waals surface area contributed by atoms with Gasteiger partial charge >= 0.3 is 0 Å². The predicted molar refractivity (Wildman–Crippen MR) is 82.2 cm³/mol. The van der Waals surface area contributed by atoms with E-state index in [1.807, 2.05) is 0 Å². The van der Waals surface area contributed by atoms with Crippen molar-refractivity contribution >= 4 is 0 Å². The van der Waals surface area contributed by atoms with Crippen LogP contribution in [0.5, 0.6) is 0 Å². The first-order chi connectivity index (χ1) is 9.29. The zero-order chi connectivity index (χ0) is 13.5. The maximum absolute atomic E-state index is 10.2. The van der Waals surface area contributed by atoms with Crippen molar-refractivity contribution in [1.29, 1.82) is 0 Å². The van der Waals surface area contributed by atoms with Crippen LogP contribution in [-0.4, -0.2) is 11.2 Å². The summed E-state index contributed by atoms with van der Waals surface area (Å²) >= 11 is 0. The molecule has 112 valence electrons. The molecule has 1 heteroatoms. The summed E-state index contributed by atoms with van der Waals surface area (Å²) in [5, 5.41) is 10.2. The minimum Gasteiger partial charge on any atom is -0.393 e. The van der Waals surface area contributed by atoms with Gasteiger partial charge in [0.15, 0.2) is 0 Å². The van der Waals surface area contributed by atoms with Gasteiger partial charge in [-0.1, -0.05) is 71.1 Å². The van der Waals surface area contributed by atoms with Crippen molar-refractivity contribution < 1.29 is 5.11 Å². The maximum Gasteiger partial charge on any atom is 0.0542 e.